The maximum Gasteiger partial charge on any atom is 0.315 e. The molecule has 22 heavy (non-hydrogen) atoms. The minimum absolute atomic E-state index is 0.115. The molecular formula is C14H20N2O5S. The zero-order valence-electron chi connectivity index (χ0n) is 12.6. The first-order valence-corrected chi connectivity index (χ1v) is 8.42. The molecule has 1 aromatic rings. The van der Waals surface area contributed by atoms with Crippen molar-refractivity contribution in [3.8, 4) is 0 Å². The summed E-state index contributed by atoms with van der Waals surface area (Å²) in [5, 5.41) is 2.50. The summed E-state index contributed by atoms with van der Waals surface area (Å²) in [4.78, 5) is 22.9. The third-order valence-corrected chi connectivity index (χ3v) is 4.08. The first-order valence-electron chi connectivity index (χ1n) is 6.94. The van der Waals surface area contributed by atoms with Crippen LogP contribution in [-0.2, 0) is 24.3 Å². The SMILES string of the molecule is CCCNS(=O)(=O)c1ccc(NC(=O)CC(=O)OCC)cc1. The molecule has 0 heterocycles. The number of amides is 1. The molecular weight excluding hydrogens is 308 g/mol. The largest absolute Gasteiger partial charge is 0.466 e. The van der Waals surface area contributed by atoms with Crippen molar-refractivity contribution < 1.29 is 22.7 Å². The molecule has 7 nitrogen and oxygen atoms in total. The highest BCUT2D eigenvalue weighted by Crippen LogP contribution is 2.14. The molecule has 2 N–H and O–H groups in total. The Bertz CT molecular complexity index is 611. The van der Waals surface area contributed by atoms with Gasteiger partial charge in [-0.1, -0.05) is 6.92 Å². The standard InChI is InChI=1S/C14H20N2O5S/c1-3-9-15-22(19,20)12-7-5-11(6-8-12)16-13(17)10-14(18)21-4-2/h5-8,15H,3-4,9-10H2,1-2H3,(H,16,17). The fraction of sp³-hybridized carbons (Fsp3) is 0.429. The lowest BCUT2D eigenvalue weighted by Gasteiger charge is -2.08. The predicted octanol–water partition coefficient (Wildman–Crippen LogP) is 1.27. The highest BCUT2D eigenvalue weighted by Gasteiger charge is 2.14. The normalized spacial score (nSPS) is 11.0. The first kappa shape index (κ1) is 18.1. The van der Waals surface area contributed by atoms with Crippen LogP contribution in [0.3, 0.4) is 0 Å². The van der Waals surface area contributed by atoms with E-state index in [9.17, 15) is 18.0 Å². The number of esters is 1. The number of benzene rings is 1. The van der Waals surface area contributed by atoms with Crippen LogP contribution in [0.15, 0.2) is 29.2 Å². The number of sulfonamides is 1. The van der Waals surface area contributed by atoms with Gasteiger partial charge in [-0.3, -0.25) is 9.59 Å². The van der Waals surface area contributed by atoms with E-state index in [0.29, 0.717) is 18.7 Å². The van der Waals surface area contributed by atoms with Gasteiger partial charge in [-0.05, 0) is 37.6 Å². The van der Waals surface area contributed by atoms with Gasteiger partial charge in [0, 0.05) is 12.2 Å². The van der Waals surface area contributed by atoms with Gasteiger partial charge in [0.1, 0.15) is 6.42 Å². The second-order valence-corrected chi connectivity index (χ2v) is 6.22. The molecule has 0 saturated carbocycles. The number of anilines is 1. The molecule has 0 aliphatic carbocycles. The van der Waals surface area contributed by atoms with Crippen molar-refractivity contribution in [2.45, 2.75) is 31.6 Å². The van der Waals surface area contributed by atoms with Crippen molar-refractivity contribution >= 4 is 27.6 Å². The number of rotatable bonds is 8. The van der Waals surface area contributed by atoms with Crippen molar-refractivity contribution in [1.82, 2.24) is 4.72 Å². The van der Waals surface area contributed by atoms with Crippen molar-refractivity contribution in [2.75, 3.05) is 18.5 Å². The second-order valence-electron chi connectivity index (χ2n) is 4.45. The number of hydrogen-bond donors (Lipinski definition) is 2. The van der Waals surface area contributed by atoms with E-state index < -0.39 is 21.9 Å². The summed E-state index contributed by atoms with van der Waals surface area (Å²) < 4.78 is 30.9. The Morgan fingerprint density at radius 2 is 1.77 bits per heavy atom. The van der Waals surface area contributed by atoms with E-state index in [1.54, 1.807) is 6.92 Å². The molecule has 1 aromatic carbocycles. The molecule has 0 spiro atoms. The average Bonchev–Trinajstić information content (AvgIpc) is 2.45. The summed E-state index contributed by atoms with van der Waals surface area (Å²) >= 11 is 0. The summed E-state index contributed by atoms with van der Waals surface area (Å²) in [6, 6.07) is 5.70. The number of carbonyl (C=O) groups excluding carboxylic acids is 2. The van der Waals surface area contributed by atoms with Crippen LogP contribution in [0.4, 0.5) is 5.69 Å². The van der Waals surface area contributed by atoms with Crippen LogP contribution in [0.2, 0.25) is 0 Å². The van der Waals surface area contributed by atoms with Gasteiger partial charge in [-0.25, -0.2) is 13.1 Å². The van der Waals surface area contributed by atoms with E-state index in [-0.39, 0.29) is 17.9 Å². The van der Waals surface area contributed by atoms with Gasteiger partial charge >= 0.3 is 5.97 Å². The van der Waals surface area contributed by atoms with E-state index in [1.807, 2.05) is 6.92 Å². The highest BCUT2D eigenvalue weighted by molar-refractivity contribution is 7.89. The summed E-state index contributed by atoms with van der Waals surface area (Å²) in [5.41, 5.74) is 0.406. The Labute approximate surface area is 130 Å². The predicted molar refractivity (Wildman–Crippen MR) is 81.8 cm³/mol. The van der Waals surface area contributed by atoms with Crippen LogP contribution >= 0.6 is 0 Å². The molecule has 122 valence electrons. The van der Waals surface area contributed by atoms with Crippen molar-refractivity contribution in [3.05, 3.63) is 24.3 Å². The molecule has 8 heteroatoms. The quantitative estimate of drug-likeness (QED) is 0.553. The fourth-order valence-electron chi connectivity index (χ4n) is 1.59. The summed E-state index contributed by atoms with van der Waals surface area (Å²) in [6.45, 7) is 4.09. The maximum absolute atomic E-state index is 11.9. The lowest BCUT2D eigenvalue weighted by molar-refractivity contribution is -0.145. The van der Waals surface area contributed by atoms with Gasteiger partial charge in [0.05, 0.1) is 11.5 Å². The van der Waals surface area contributed by atoms with Gasteiger partial charge in [-0.2, -0.15) is 0 Å². The second kappa shape index (κ2) is 8.50. The Hall–Kier alpha value is -1.93. The van der Waals surface area contributed by atoms with Crippen LogP contribution in [0.5, 0.6) is 0 Å². The summed E-state index contributed by atoms with van der Waals surface area (Å²) in [7, 11) is -3.53. The van der Waals surface area contributed by atoms with Gasteiger partial charge in [0.25, 0.3) is 0 Å². The Morgan fingerprint density at radius 1 is 1.14 bits per heavy atom. The first-order chi connectivity index (χ1) is 10.4. The fourth-order valence-corrected chi connectivity index (χ4v) is 2.72. The molecule has 0 aliphatic rings. The van der Waals surface area contributed by atoms with E-state index in [2.05, 4.69) is 14.8 Å². The van der Waals surface area contributed by atoms with Crippen molar-refractivity contribution in [1.29, 1.82) is 0 Å². The monoisotopic (exact) mass is 328 g/mol. The van der Waals surface area contributed by atoms with E-state index >= 15 is 0 Å². The zero-order valence-corrected chi connectivity index (χ0v) is 13.4. The van der Waals surface area contributed by atoms with Crippen molar-refractivity contribution in [3.63, 3.8) is 0 Å². The molecule has 0 aromatic heterocycles. The van der Waals surface area contributed by atoms with Crippen LogP contribution in [0.25, 0.3) is 0 Å². The molecule has 0 radical (unpaired) electrons. The average molecular weight is 328 g/mol. The van der Waals surface area contributed by atoms with Crippen LogP contribution in [0.1, 0.15) is 26.7 Å². The molecule has 0 aliphatic heterocycles. The van der Waals surface area contributed by atoms with Gasteiger partial charge in [-0.15, -0.1) is 0 Å². The van der Waals surface area contributed by atoms with Crippen LogP contribution in [0, 0.1) is 0 Å². The van der Waals surface area contributed by atoms with E-state index in [1.165, 1.54) is 24.3 Å². The maximum atomic E-state index is 11.9. The third-order valence-electron chi connectivity index (χ3n) is 2.60. The summed E-state index contributed by atoms with van der Waals surface area (Å²) in [5.74, 6) is -1.12. The van der Waals surface area contributed by atoms with Gasteiger partial charge < -0.3 is 10.1 Å². The third kappa shape index (κ3) is 5.82. The molecule has 0 atom stereocenters. The van der Waals surface area contributed by atoms with Crippen molar-refractivity contribution in [2.24, 2.45) is 0 Å². The highest BCUT2D eigenvalue weighted by atomic mass is 32.2. The number of hydrogen-bond acceptors (Lipinski definition) is 5. The lowest BCUT2D eigenvalue weighted by atomic mass is 10.3. The number of carbonyl (C=O) groups is 2. The molecule has 0 saturated heterocycles. The zero-order chi connectivity index (χ0) is 16.6. The Morgan fingerprint density at radius 3 is 2.32 bits per heavy atom. The molecule has 1 amide bonds. The molecule has 0 bridgehead atoms. The number of nitrogens with one attached hydrogen (secondary N) is 2. The topological polar surface area (TPSA) is 102 Å². The minimum Gasteiger partial charge on any atom is -0.466 e. The van der Waals surface area contributed by atoms with E-state index in [4.69, 9.17) is 0 Å². The lowest BCUT2D eigenvalue weighted by Crippen LogP contribution is -2.24. The van der Waals surface area contributed by atoms with Gasteiger partial charge in [0.2, 0.25) is 15.9 Å². The summed E-state index contributed by atoms with van der Waals surface area (Å²) in [6.07, 6.45) is 0.313. The molecule has 1 rings (SSSR count). The van der Waals surface area contributed by atoms with Crippen LogP contribution in [-0.4, -0.2) is 33.4 Å². The van der Waals surface area contributed by atoms with Crippen LogP contribution < -0.4 is 10.0 Å². The molecule has 0 fully saturated rings. The van der Waals surface area contributed by atoms with Gasteiger partial charge in [0.15, 0.2) is 0 Å². The smallest absolute Gasteiger partial charge is 0.315 e. The Balaban J connectivity index is 2.65. The number of ether oxygens (including phenoxy) is 1. The Kier molecular flexibility index (Phi) is 7.00. The molecule has 0 unspecified atom stereocenters. The minimum atomic E-state index is -3.53. The van der Waals surface area contributed by atoms with E-state index in [0.717, 1.165) is 0 Å².